The van der Waals surface area contributed by atoms with Gasteiger partial charge in [0.15, 0.2) is 5.75 Å². The van der Waals surface area contributed by atoms with Crippen molar-refractivity contribution < 1.29 is 9.53 Å². The van der Waals surface area contributed by atoms with Gasteiger partial charge in [0.2, 0.25) is 5.43 Å². The van der Waals surface area contributed by atoms with E-state index in [-0.39, 0.29) is 29.4 Å². The molecular formula is C21H21ClN2O3. The molecule has 0 aliphatic heterocycles. The maximum Gasteiger partial charge on any atom is 0.267 e. The normalized spacial score (nSPS) is 22.8. The van der Waals surface area contributed by atoms with Crippen LogP contribution in [0.25, 0.3) is 0 Å². The summed E-state index contributed by atoms with van der Waals surface area (Å²) in [6, 6.07) is 8.53. The Morgan fingerprint density at radius 2 is 2.15 bits per heavy atom. The van der Waals surface area contributed by atoms with Crippen molar-refractivity contribution in [3.05, 3.63) is 75.2 Å². The van der Waals surface area contributed by atoms with Crippen LogP contribution < -0.4 is 15.5 Å². The van der Waals surface area contributed by atoms with Crippen LogP contribution in [0.1, 0.15) is 28.9 Å². The number of halogens is 1. The quantitative estimate of drug-likeness (QED) is 0.748. The van der Waals surface area contributed by atoms with Gasteiger partial charge < -0.3 is 15.0 Å². The van der Waals surface area contributed by atoms with E-state index in [2.05, 4.69) is 22.5 Å². The van der Waals surface area contributed by atoms with Crippen molar-refractivity contribution in [3.8, 4) is 5.75 Å². The average molecular weight is 385 g/mol. The second kappa shape index (κ2) is 7.61. The summed E-state index contributed by atoms with van der Waals surface area (Å²) >= 11 is 5.94. The van der Waals surface area contributed by atoms with Crippen molar-refractivity contribution in [1.82, 2.24) is 10.3 Å². The number of fused-ring (bicyclic) bond motifs is 2. The molecule has 6 heteroatoms. The molecule has 2 aromatic rings. The fourth-order valence-electron chi connectivity index (χ4n) is 3.94. The number of nitrogens with one attached hydrogen (secondary N) is 2. The zero-order chi connectivity index (χ0) is 18.8. The van der Waals surface area contributed by atoms with E-state index < -0.39 is 0 Å². The van der Waals surface area contributed by atoms with Crippen LogP contribution in [0.5, 0.6) is 5.75 Å². The van der Waals surface area contributed by atoms with Crippen LogP contribution in [0.3, 0.4) is 0 Å². The van der Waals surface area contributed by atoms with Gasteiger partial charge in [0, 0.05) is 23.8 Å². The minimum Gasteiger partial charge on any atom is -0.483 e. The third-order valence-corrected chi connectivity index (χ3v) is 5.58. The molecule has 0 radical (unpaired) electrons. The monoisotopic (exact) mass is 384 g/mol. The molecule has 1 heterocycles. The van der Waals surface area contributed by atoms with Gasteiger partial charge in [-0.25, -0.2) is 0 Å². The van der Waals surface area contributed by atoms with Gasteiger partial charge in [-0.2, -0.15) is 0 Å². The maximum atomic E-state index is 12.3. The van der Waals surface area contributed by atoms with E-state index >= 15 is 0 Å². The first-order chi connectivity index (χ1) is 13.1. The highest BCUT2D eigenvalue weighted by Crippen LogP contribution is 2.42. The highest BCUT2D eigenvalue weighted by molar-refractivity contribution is 6.30. The average Bonchev–Trinajstić information content (AvgIpc) is 3.28. The van der Waals surface area contributed by atoms with Crippen LogP contribution in [-0.2, 0) is 6.61 Å². The highest BCUT2D eigenvalue weighted by atomic mass is 35.5. The van der Waals surface area contributed by atoms with E-state index in [1.165, 1.54) is 18.7 Å². The van der Waals surface area contributed by atoms with E-state index in [0.717, 1.165) is 12.0 Å². The summed E-state index contributed by atoms with van der Waals surface area (Å²) in [5.74, 6) is 1.66. The standard InChI is InChI=1S/C21H21ClN2O3/c22-17-3-1-2-14(8-17)12-27-20-11-23-18(9-19(20)25)21(26)24-10-16-7-13-4-5-15(16)6-13/h1-5,8-9,11,13,15-16H,6-7,10,12H2,(H,23,25)(H,24,26)/t13-,15-,16-/m1/s1. The Hall–Kier alpha value is -2.53. The van der Waals surface area contributed by atoms with Gasteiger partial charge in [-0.05, 0) is 48.3 Å². The smallest absolute Gasteiger partial charge is 0.267 e. The van der Waals surface area contributed by atoms with Gasteiger partial charge in [-0.3, -0.25) is 9.59 Å². The molecule has 0 unspecified atom stereocenters. The number of allylic oxidation sites excluding steroid dienone is 2. The van der Waals surface area contributed by atoms with Gasteiger partial charge in [0.1, 0.15) is 12.3 Å². The number of carbonyl (C=O) groups is 1. The summed E-state index contributed by atoms with van der Waals surface area (Å²) in [7, 11) is 0. The van der Waals surface area contributed by atoms with Crippen LogP contribution in [0, 0.1) is 17.8 Å². The predicted molar refractivity (Wildman–Crippen MR) is 104 cm³/mol. The topological polar surface area (TPSA) is 71.2 Å². The number of H-pyrrole nitrogens is 1. The first-order valence-corrected chi connectivity index (χ1v) is 9.53. The number of amides is 1. The Balaban J connectivity index is 1.34. The summed E-state index contributed by atoms with van der Waals surface area (Å²) in [4.78, 5) is 27.4. The van der Waals surface area contributed by atoms with Crippen LogP contribution in [0.4, 0.5) is 0 Å². The number of benzene rings is 1. The van der Waals surface area contributed by atoms with Gasteiger partial charge in [0.25, 0.3) is 5.91 Å². The van der Waals surface area contributed by atoms with Crippen molar-refractivity contribution in [1.29, 1.82) is 0 Å². The lowest BCUT2D eigenvalue weighted by molar-refractivity contribution is 0.0940. The molecule has 1 amide bonds. The Kier molecular flexibility index (Phi) is 5.03. The summed E-state index contributed by atoms with van der Waals surface area (Å²) < 4.78 is 5.55. The number of pyridine rings is 1. The van der Waals surface area contributed by atoms with Crippen molar-refractivity contribution in [3.63, 3.8) is 0 Å². The number of rotatable bonds is 6. The maximum absolute atomic E-state index is 12.3. The lowest BCUT2D eigenvalue weighted by atomic mass is 9.93. The number of carbonyl (C=O) groups excluding carboxylic acids is 1. The first kappa shape index (κ1) is 17.9. The zero-order valence-electron chi connectivity index (χ0n) is 14.8. The molecule has 3 atom stereocenters. The lowest BCUT2D eigenvalue weighted by Crippen LogP contribution is -2.32. The zero-order valence-corrected chi connectivity index (χ0v) is 15.5. The molecule has 5 nitrogen and oxygen atoms in total. The van der Waals surface area contributed by atoms with Gasteiger partial charge in [-0.1, -0.05) is 35.9 Å². The molecule has 1 aromatic heterocycles. The Labute approximate surface area is 162 Å². The highest BCUT2D eigenvalue weighted by Gasteiger charge is 2.35. The van der Waals surface area contributed by atoms with Crippen LogP contribution >= 0.6 is 11.6 Å². The molecule has 0 saturated heterocycles. The van der Waals surface area contributed by atoms with Gasteiger partial charge >= 0.3 is 0 Å². The van der Waals surface area contributed by atoms with Crippen LogP contribution in [-0.4, -0.2) is 17.4 Å². The van der Waals surface area contributed by atoms with Crippen molar-refractivity contribution >= 4 is 17.5 Å². The summed E-state index contributed by atoms with van der Waals surface area (Å²) in [6.45, 7) is 0.867. The molecule has 0 spiro atoms. The number of aromatic amines is 1. The summed E-state index contributed by atoms with van der Waals surface area (Å²) in [6.07, 6.45) is 8.31. The van der Waals surface area contributed by atoms with E-state index in [1.807, 2.05) is 12.1 Å². The number of aromatic nitrogens is 1. The lowest BCUT2D eigenvalue weighted by Gasteiger charge is -2.18. The number of ether oxygens (including phenoxy) is 1. The molecule has 4 rings (SSSR count). The predicted octanol–water partition coefficient (Wildman–Crippen LogP) is 3.55. The molecule has 27 heavy (non-hydrogen) atoms. The van der Waals surface area contributed by atoms with E-state index in [1.54, 1.807) is 12.1 Å². The molecule has 2 aliphatic carbocycles. The molecule has 140 valence electrons. The molecule has 2 aliphatic rings. The van der Waals surface area contributed by atoms with Crippen molar-refractivity contribution in [2.75, 3.05) is 6.54 Å². The SMILES string of the molecule is O=C(NC[C@H]1C[C@@H]2C=C[C@@H]1C2)c1cc(=O)c(OCc2cccc(Cl)c2)c[nH]1. The summed E-state index contributed by atoms with van der Waals surface area (Å²) in [5.41, 5.74) is 0.779. The van der Waals surface area contributed by atoms with Gasteiger partial charge in [0.05, 0.1) is 0 Å². The minimum atomic E-state index is -0.330. The molecule has 1 aromatic carbocycles. The third kappa shape index (κ3) is 4.08. The van der Waals surface area contributed by atoms with E-state index in [4.69, 9.17) is 16.3 Å². The van der Waals surface area contributed by atoms with Crippen LogP contribution in [0.15, 0.2) is 53.5 Å². The second-order valence-corrected chi connectivity index (χ2v) is 7.68. The molecule has 1 fully saturated rings. The molecular weight excluding hydrogens is 364 g/mol. The van der Waals surface area contributed by atoms with E-state index in [0.29, 0.717) is 29.3 Å². The van der Waals surface area contributed by atoms with Crippen LogP contribution in [0.2, 0.25) is 5.02 Å². The van der Waals surface area contributed by atoms with Crippen molar-refractivity contribution in [2.45, 2.75) is 19.4 Å². The van der Waals surface area contributed by atoms with E-state index in [9.17, 15) is 9.59 Å². The summed E-state index contributed by atoms with van der Waals surface area (Å²) in [5, 5.41) is 3.55. The van der Waals surface area contributed by atoms with Gasteiger partial charge in [-0.15, -0.1) is 0 Å². The minimum absolute atomic E-state index is 0.171. The number of hydrogen-bond donors (Lipinski definition) is 2. The van der Waals surface area contributed by atoms with Crippen molar-refractivity contribution in [2.24, 2.45) is 17.8 Å². The molecule has 2 bridgehead atoms. The molecule has 1 saturated carbocycles. The molecule has 2 N–H and O–H groups in total. The third-order valence-electron chi connectivity index (χ3n) is 5.35. The Morgan fingerprint density at radius 3 is 2.85 bits per heavy atom. The largest absolute Gasteiger partial charge is 0.483 e. The Bertz CT molecular complexity index is 937. The number of hydrogen-bond acceptors (Lipinski definition) is 3. The fraction of sp³-hybridized carbons (Fsp3) is 0.333. The second-order valence-electron chi connectivity index (χ2n) is 7.24. The fourth-order valence-corrected chi connectivity index (χ4v) is 4.15. The first-order valence-electron chi connectivity index (χ1n) is 9.15. The Morgan fingerprint density at radius 1 is 1.26 bits per heavy atom.